The third-order valence-electron chi connectivity index (χ3n) is 2.59. The lowest BCUT2D eigenvalue weighted by Crippen LogP contribution is -2.16. The Morgan fingerprint density at radius 2 is 2.00 bits per heavy atom. The molecular formula is C14H21NO4S. The summed E-state index contributed by atoms with van der Waals surface area (Å²) in [6.07, 6.45) is 0.783. The number of benzene rings is 1. The van der Waals surface area contributed by atoms with Gasteiger partial charge in [0.25, 0.3) is 5.91 Å². The number of primary amides is 1. The molecule has 0 spiro atoms. The largest absolute Gasteiger partial charge is 0.493 e. The maximum Gasteiger partial charge on any atom is 0.252 e. The van der Waals surface area contributed by atoms with E-state index in [1.807, 2.05) is 20.8 Å². The molecule has 0 unspecified atom stereocenters. The highest BCUT2D eigenvalue weighted by molar-refractivity contribution is 7.91. The van der Waals surface area contributed by atoms with Gasteiger partial charge >= 0.3 is 0 Å². The Bertz CT molecular complexity index is 579. The number of hydrogen-bond donors (Lipinski definition) is 1. The first-order chi connectivity index (χ1) is 9.27. The third-order valence-corrected chi connectivity index (χ3v) is 4.67. The van der Waals surface area contributed by atoms with Crippen LogP contribution in [-0.2, 0) is 9.84 Å². The van der Waals surface area contributed by atoms with Gasteiger partial charge in [-0.05, 0) is 30.5 Å². The summed E-state index contributed by atoms with van der Waals surface area (Å²) in [6.45, 7) is 6.03. The predicted octanol–water partition coefficient (Wildman–Crippen LogP) is 2.00. The number of sulfone groups is 1. The average molecular weight is 299 g/mol. The van der Waals surface area contributed by atoms with Crippen LogP contribution in [0.15, 0.2) is 23.1 Å². The monoisotopic (exact) mass is 299 g/mol. The molecule has 1 aromatic rings. The molecule has 0 aliphatic rings. The van der Waals surface area contributed by atoms with Crippen LogP contribution in [0.2, 0.25) is 0 Å². The lowest BCUT2D eigenvalue weighted by molar-refractivity contribution is 0.0996. The molecule has 0 saturated heterocycles. The predicted molar refractivity (Wildman–Crippen MR) is 77.6 cm³/mol. The number of amides is 1. The normalized spacial score (nSPS) is 11.6. The first kappa shape index (κ1) is 16.5. The summed E-state index contributed by atoms with van der Waals surface area (Å²) in [5, 5.41) is 0. The van der Waals surface area contributed by atoms with E-state index in [-0.39, 0.29) is 22.1 Å². The van der Waals surface area contributed by atoms with E-state index in [4.69, 9.17) is 10.5 Å². The van der Waals surface area contributed by atoms with Gasteiger partial charge in [-0.2, -0.15) is 0 Å². The van der Waals surface area contributed by atoms with Gasteiger partial charge < -0.3 is 10.5 Å². The van der Waals surface area contributed by atoms with Crippen LogP contribution in [0.4, 0.5) is 0 Å². The minimum absolute atomic E-state index is 0.00745. The molecule has 5 nitrogen and oxygen atoms in total. The van der Waals surface area contributed by atoms with Gasteiger partial charge in [-0.15, -0.1) is 0 Å². The number of carbonyl (C=O) groups is 1. The van der Waals surface area contributed by atoms with Gasteiger partial charge in [0.05, 0.1) is 22.8 Å². The van der Waals surface area contributed by atoms with E-state index >= 15 is 0 Å². The zero-order chi connectivity index (χ0) is 15.3. The van der Waals surface area contributed by atoms with Crippen LogP contribution in [0.3, 0.4) is 0 Å². The Morgan fingerprint density at radius 3 is 2.50 bits per heavy atom. The Hall–Kier alpha value is -1.56. The second kappa shape index (κ2) is 6.74. The zero-order valence-corrected chi connectivity index (χ0v) is 12.9. The second-order valence-electron chi connectivity index (χ2n) is 5.05. The highest BCUT2D eigenvalue weighted by atomic mass is 32.2. The highest BCUT2D eigenvalue weighted by Crippen LogP contribution is 2.24. The first-order valence-corrected chi connectivity index (χ1v) is 8.22. The van der Waals surface area contributed by atoms with Crippen molar-refractivity contribution in [1.82, 2.24) is 0 Å². The van der Waals surface area contributed by atoms with Crippen molar-refractivity contribution in [2.24, 2.45) is 11.7 Å². The Labute approximate surface area is 120 Å². The van der Waals surface area contributed by atoms with Gasteiger partial charge in [-0.25, -0.2) is 8.42 Å². The van der Waals surface area contributed by atoms with Crippen molar-refractivity contribution in [3.63, 3.8) is 0 Å². The molecule has 2 N–H and O–H groups in total. The molecule has 0 saturated carbocycles. The van der Waals surface area contributed by atoms with Crippen LogP contribution in [0.25, 0.3) is 0 Å². The van der Waals surface area contributed by atoms with Gasteiger partial charge in [0.1, 0.15) is 5.75 Å². The molecule has 0 aliphatic carbocycles. The zero-order valence-electron chi connectivity index (χ0n) is 12.0. The molecule has 20 heavy (non-hydrogen) atoms. The molecule has 0 aliphatic heterocycles. The maximum atomic E-state index is 12.1. The Balaban J connectivity index is 3.19. The van der Waals surface area contributed by atoms with E-state index in [0.717, 1.165) is 6.42 Å². The van der Waals surface area contributed by atoms with Gasteiger partial charge in [-0.3, -0.25) is 4.79 Å². The van der Waals surface area contributed by atoms with Crippen molar-refractivity contribution in [3.05, 3.63) is 23.8 Å². The van der Waals surface area contributed by atoms with Crippen molar-refractivity contribution in [2.75, 3.05) is 12.4 Å². The molecule has 0 fully saturated rings. The summed E-state index contributed by atoms with van der Waals surface area (Å²) in [5.74, 6) is -0.339. The standard InChI is InChI=1S/C14H21NO4S/c1-4-7-19-13-6-5-11(8-12(13)14(15)16)20(17,18)9-10(2)3/h5-6,8,10H,4,7,9H2,1-3H3,(H2,15,16). The molecule has 1 aromatic carbocycles. The summed E-state index contributed by atoms with van der Waals surface area (Å²) in [5.41, 5.74) is 5.39. The van der Waals surface area contributed by atoms with Crippen molar-refractivity contribution in [2.45, 2.75) is 32.1 Å². The smallest absolute Gasteiger partial charge is 0.252 e. The average Bonchev–Trinajstić information content (AvgIpc) is 2.34. The molecule has 6 heteroatoms. The minimum Gasteiger partial charge on any atom is -0.493 e. The molecule has 0 radical (unpaired) electrons. The molecule has 0 aromatic heterocycles. The van der Waals surface area contributed by atoms with Crippen molar-refractivity contribution < 1.29 is 17.9 Å². The van der Waals surface area contributed by atoms with Crippen LogP contribution >= 0.6 is 0 Å². The SMILES string of the molecule is CCCOc1ccc(S(=O)(=O)CC(C)C)cc1C(N)=O. The van der Waals surface area contributed by atoms with Crippen LogP contribution < -0.4 is 10.5 Å². The van der Waals surface area contributed by atoms with E-state index in [2.05, 4.69) is 0 Å². The number of rotatable bonds is 7. The van der Waals surface area contributed by atoms with Gasteiger partial charge in [-0.1, -0.05) is 20.8 Å². The quantitative estimate of drug-likeness (QED) is 0.834. The van der Waals surface area contributed by atoms with E-state index in [0.29, 0.717) is 12.4 Å². The number of ether oxygens (including phenoxy) is 1. The molecule has 1 amide bonds. The van der Waals surface area contributed by atoms with E-state index in [1.165, 1.54) is 18.2 Å². The molecule has 0 atom stereocenters. The highest BCUT2D eigenvalue weighted by Gasteiger charge is 2.20. The fourth-order valence-electron chi connectivity index (χ4n) is 1.77. The van der Waals surface area contributed by atoms with Crippen LogP contribution in [0, 0.1) is 5.92 Å². The van der Waals surface area contributed by atoms with Crippen LogP contribution in [-0.4, -0.2) is 26.7 Å². The van der Waals surface area contributed by atoms with Gasteiger partial charge in [0.2, 0.25) is 0 Å². The Kier molecular flexibility index (Phi) is 5.56. The summed E-state index contributed by atoms with van der Waals surface area (Å²) in [4.78, 5) is 11.5. The fourth-order valence-corrected chi connectivity index (χ4v) is 3.41. The molecule has 0 heterocycles. The summed E-state index contributed by atoms with van der Waals surface area (Å²) in [6, 6.07) is 4.24. The van der Waals surface area contributed by atoms with Crippen molar-refractivity contribution in [1.29, 1.82) is 0 Å². The Morgan fingerprint density at radius 1 is 1.35 bits per heavy atom. The third kappa shape index (κ3) is 4.23. The van der Waals surface area contributed by atoms with E-state index in [1.54, 1.807) is 0 Å². The lowest BCUT2D eigenvalue weighted by atomic mass is 10.2. The second-order valence-corrected chi connectivity index (χ2v) is 7.08. The summed E-state index contributed by atoms with van der Waals surface area (Å²) >= 11 is 0. The van der Waals surface area contributed by atoms with Crippen LogP contribution in [0.1, 0.15) is 37.6 Å². The number of nitrogens with two attached hydrogens (primary N) is 1. The molecule has 1 rings (SSSR count). The van der Waals surface area contributed by atoms with Crippen molar-refractivity contribution >= 4 is 15.7 Å². The van der Waals surface area contributed by atoms with Crippen LogP contribution in [0.5, 0.6) is 5.75 Å². The topological polar surface area (TPSA) is 86.5 Å². The van der Waals surface area contributed by atoms with Crippen molar-refractivity contribution in [3.8, 4) is 5.75 Å². The molecule has 0 bridgehead atoms. The van der Waals surface area contributed by atoms with Gasteiger partial charge in [0.15, 0.2) is 9.84 Å². The lowest BCUT2D eigenvalue weighted by Gasteiger charge is -2.12. The number of hydrogen-bond acceptors (Lipinski definition) is 4. The summed E-state index contributed by atoms with van der Waals surface area (Å²) in [7, 11) is -3.42. The first-order valence-electron chi connectivity index (χ1n) is 6.57. The molecular weight excluding hydrogens is 278 g/mol. The maximum absolute atomic E-state index is 12.1. The van der Waals surface area contributed by atoms with Gasteiger partial charge in [0, 0.05) is 0 Å². The summed E-state index contributed by atoms with van der Waals surface area (Å²) < 4.78 is 29.7. The van der Waals surface area contributed by atoms with E-state index < -0.39 is 15.7 Å². The number of carbonyl (C=O) groups excluding carboxylic acids is 1. The van der Waals surface area contributed by atoms with E-state index in [9.17, 15) is 13.2 Å². The molecule has 112 valence electrons. The minimum atomic E-state index is -3.42. The fraction of sp³-hybridized carbons (Fsp3) is 0.500.